The van der Waals surface area contributed by atoms with Crippen LogP contribution in [-0.4, -0.2) is 38.4 Å². The van der Waals surface area contributed by atoms with Crippen LogP contribution in [0.1, 0.15) is 16.5 Å². The summed E-state index contributed by atoms with van der Waals surface area (Å²) in [4.78, 5) is 4.96. The van der Waals surface area contributed by atoms with Crippen molar-refractivity contribution in [3.63, 3.8) is 0 Å². The average Bonchev–Trinajstić information content (AvgIpc) is 3.18. The maximum absolute atomic E-state index is 12.7. The maximum Gasteiger partial charge on any atom is 0.387 e. The van der Waals surface area contributed by atoms with Crippen LogP contribution in [0.2, 0.25) is 0 Å². The first kappa shape index (κ1) is 25.1. The number of alkyl halides is 2. The van der Waals surface area contributed by atoms with E-state index in [1.807, 2.05) is 30.3 Å². The Labute approximate surface area is 200 Å². The van der Waals surface area contributed by atoms with Gasteiger partial charge < -0.3 is 25.2 Å². The quantitative estimate of drug-likeness (QED) is 0.214. The molecule has 168 valence electrons. The molecule has 1 unspecified atom stereocenters. The van der Waals surface area contributed by atoms with E-state index in [4.69, 9.17) is 4.74 Å². The van der Waals surface area contributed by atoms with Crippen molar-refractivity contribution in [1.82, 2.24) is 10.6 Å². The summed E-state index contributed by atoms with van der Waals surface area (Å²) in [7, 11) is 3.04. The third-order valence-corrected chi connectivity index (χ3v) is 5.61. The van der Waals surface area contributed by atoms with Crippen molar-refractivity contribution in [2.75, 3.05) is 20.7 Å². The number of nitrogens with zero attached hydrogens (tertiary/aromatic N) is 1. The number of aliphatic imine (C=N–C) groups is 1. The normalized spacial score (nSPS) is 12.4. The highest BCUT2D eigenvalue weighted by Gasteiger charge is 2.14. The Morgan fingerprint density at radius 2 is 1.94 bits per heavy atom. The molecule has 3 N–H and O–H groups in total. The number of ether oxygens (including phenoxy) is 2. The molecule has 3 rings (SSSR count). The van der Waals surface area contributed by atoms with Crippen LogP contribution in [0.3, 0.4) is 0 Å². The summed E-state index contributed by atoms with van der Waals surface area (Å²) in [6.45, 7) is -2.50. The molecule has 0 fully saturated rings. The van der Waals surface area contributed by atoms with E-state index in [0.717, 1.165) is 15.0 Å². The number of fused-ring (bicyclic) bond motifs is 1. The van der Waals surface area contributed by atoms with Gasteiger partial charge in [0.25, 0.3) is 0 Å². The lowest BCUT2D eigenvalue weighted by Gasteiger charge is -2.16. The van der Waals surface area contributed by atoms with Crippen molar-refractivity contribution >= 4 is 51.4 Å². The zero-order valence-electron chi connectivity index (χ0n) is 17.0. The van der Waals surface area contributed by atoms with Crippen molar-refractivity contribution in [3.05, 3.63) is 59.0 Å². The summed E-state index contributed by atoms with van der Waals surface area (Å²) >= 11 is 1.54. The highest BCUT2D eigenvalue weighted by molar-refractivity contribution is 14.0. The zero-order chi connectivity index (χ0) is 21.5. The van der Waals surface area contributed by atoms with Crippen LogP contribution in [-0.2, 0) is 6.54 Å². The van der Waals surface area contributed by atoms with Crippen LogP contribution < -0.4 is 20.1 Å². The van der Waals surface area contributed by atoms with Crippen LogP contribution >= 0.6 is 35.3 Å². The van der Waals surface area contributed by atoms with Crippen molar-refractivity contribution < 1.29 is 23.4 Å². The van der Waals surface area contributed by atoms with Crippen molar-refractivity contribution in [3.8, 4) is 11.5 Å². The van der Waals surface area contributed by atoms with Gasteiger partial charge in [-0.1, -0.05) is 18.2 Å². The second-order valence-corrected chi connectivity index (χ2v) is 7.48. The molecule has 10 heteroatoms. The summed E-state index contributed by atoms with van der Waals surface area (Å²) in [6.07, 6.45) is -0.709. The molecule has 0 bridgehead atoms. The summed E-state index contributed by atoms with van der Waals surface area (Å²) in [5, 5.41) is 17.7. The van der Waals surface area contributed by atoms with Gasteiger partial charge >= 0.3 is 6.61 Å². The summed E-state index contributed by atoms with van der Waals surface area (Å²) in [6, 6.07) is 14.6. The third kappa shape index (κ3) is 6.91. The lowest BCUT2D eigenvalue weighted by molar-refractivity contribution is -0.0505. The van der Waals surface area contributed by atoms with Gasteiger partial charge in [0.1, 0.15) is 17.6 Å². The number of guanidine groups is 1. The van der Waals surface area contributed by atoms with Crippen LogP contribution in [0.4, 0.5) is 8.78 Å². The van der Waals surface area contributed by atoms with Gasteiger partial charge in [-0.05, 0) is 29.7 Å². The van der Waals surface area contributed by atoms with Gasteiger partial charge in [0, 0.05) is 41.3 Å². The molecule has 1 heterocycles. The molecule has 31 heavy (non-hydrogen) atoms. The molecule has 0 saturated carbocycles. The Kier molecular flexibility index (Phi) is 9.72. The first-order valence-corrected chi connectivity index (χ1v) is 10.0. The van der Waals surface area contributed by atoms with Crippen LogP contribution in [0.5, 0.6) is 11.5 Å². The summed E-state index contributed by atoms with van der Waals surface area (Å²) < 4.78 is 36.2. The van der Waals surface area contributed by atoms with Gasteiger partial charge in [0.05, 0.1) is 7.11 Å². The fourth-order valence-electron chi connectivity index (χ4n) is 2.87. The Bertz CT molecular complexity index is 983. The Hall–Kier alpha value is -2.18. The highest BCUT2D eigenvalue weighted by Crippen LogP contribution is 2.29. The lowest BCUT2D eigenvalue weighted by atomic mass is 10.2. The smallest absolute Gasteiger partial charge is 0.387 e. The molecule has 1 atom stereocenters. The third-order valence-electron chi connectivity index (χ3n) is 4.40. The monoisotopic (exact) mass is 563 g/mol. The molecular weight excluding hydrogens is 539 g/mol. The number of aliphatic hydroxyl groups is 1. The van der Waals surface area contributed by atoms with Crippen LogP contribution in [0.15, 0.2) is 53.5 Å². The number of hydrogen-bond donors (Lipinski definition) is 3. The van der Waals surface area contributed by atoms with E-state index in [1.165, 1.54) is 24.5 Å². The molecule has 1 aromatic heterocycles. The number of rotatable bonds is 8. The standard InChI is InChI=1S/C21H23F2N3O3S.HI/c1-24-21(25-11-14-7-8-15(28-2)10-17(14)29-20(22)23)26-12-16(27)19-9-13-5-3-4-6-18(13)30-19;/h3-10,16,20,27H,11-12H2,1-2H3,(H2,24,25,26);1H. The second-order valence-electron chi connectivity index (χ2n) is 6.36. The maximum atomic E-state index is 12.7. The summed E-state index contributed by atoms with van der Waals surface area (Å²) in [5.41, 5.74) is 0.518. The van der Waals surface area contributed by atoms with E-state index in [1.54, 1.807) is 19.2 Å². The van der Waals surface area contributed by atoms with Gasteiger partial charge in [-0.25, -0.2) is 0 Å². The van der Waals surface area contributed by atoms with Gasteiger partial charge in [-0.3, -0.25) is 4.99 Å². The Morgan fingerprint density at radius 1 is 1.16 bits per heavy atom. The predicted octanol–water partition coefficient (Wildman–Crippen LogP) is 4.53. The highest BCUT2D eigenvalue weighted by atomic mass is 127. The van der Waals surface area contributed by atoms with E-state index >= 15 is 0 Å². The molecule has 0 aliphatic heterocycles. The van der Waals surface area contributed by atoms with E-state index in [0.29, 0.717) is 17.3 Å². The van der Waals surface area contributed by atoms with Crippen LogP contribution in [0, 0.1) is 0 Å². The van der Waals surface area contributed by atoms with Crippen molar-refractivity contribution in [2.24, 2.45) is 4.99 Å². The molecule has 3 aromatic rings. The first-order chi connectivity index (χ1) is 14.5. The minimum Gasteiger partial charge on any atom is -0.497 e. The number of hydrogen-bond acceptors (Lipinski definition) is 5. The van der Waals surface area contributed by atoms with E-state index in [2.05, 4.69) is 20.4 Å². The van der Waals surface area contributed by atoms with Crippen molar-refractivity contribution in [2.45, 2.75) is 19.3 Å². The second kappa shape index (κ2) is 12.0. The average molecular weight is 563 g/mol. The number of halogens is 3. The van der Waals surface area contributed by atoms with Gasteiger partial charge in [0.2, 0.25) is 0 Å². The van der Waals surface area contributed by atoms with Gasteiger partial charge in [-0.2, -0.15) is 8.78 Å². The van der Waals surface area contributed by atoms with Gasteiger partial charge in [0.15, 0.2) is 5.96 Å². The molecule has 6 nitrogen and oxygen atoms in total. The molecule has 0 radical (unpaired) electrons. The largest absolute Gasteiger partial charge is 0.497 e. The minimum atomic E-state index is -2.94. The van der Waals surface area contributed by atoms with Crippen LogP contribution in [0.25, 0.3) is 10.1 Å². The minimum absolute atomic E-state index is 0. The zero-order valence-corrected chi connectivity index (χ0v) is 20.1. The fourth-order valence-corrected chi connectivity index (χ4v) is 3.92. The molecule has 0 amide bonds. The molecule has 0 spiro atoms. The molecule has 0 aliphatic rings. The molecule has 0 saturated heterocycles. The number of benzene rings is 2. The number of nitrogens with one attached hydrogen (secondary N) is 2. The lowest BCUT2D eigenvalue weighted by Crippen LogP contribution is -2.39. The van der Waals surface area contributed by atoms with E-state index in [-0.39, 0.29) is 42.8 Å². The predicted molar refractivity (Wildman–Crippen MR) is 130 cm³/mol. The van der Waals surface area contributed by atoms with E-state index < -0.39 is 12.7 Å². The van der Waals surface area contributed by atoms with E-state index in [9.17, 15) is 13.9 Å². The number of aliphatic hydroxyl groups excluding tert-OH is 1. The fraction of sp³-hybridized carbons (Fsp3) is 0.286. The SMILES string of the molecule is CN=C(NCc1ccc(OC)cc1OC(F)F)NCC(O)c1cc2ccccc2s1.I. The Morgan fingerprint density at radius 3 is 2.61 bits per heavy atom. The Balaban J connectivity index is 0.00000341. The van der Waals surface area contributed by atoms with Gasteiger partial charge in [-0.15, -0.1) is 35.3 Å². The first-order valence-electron chi connectivity index (χ1n) is 9.23. The molecule has 0 aliphatic carbocycles. The molecule has 2 aromatic carbocycles. The topological polar surface area (TPSA) is 75.1 Å². The molecular formula is C21H24F2IN3O3S. The van der Waals surface area contributed by atoms with Crippen molar-refractivity contribution in [1.29, 1.82) is 0 Å². The number of thiophene rings is 1. The summed E-state index contributed by atoms with van der Waals surface area (Å²) in [5.74, 6) is 0.870. The number of methoxy groups -OCH3 is 1.